The molecular weight excluding hydrogens is 260 g/mol. The fourth-order valence-corrected chi connectivity index (χ4v) is 3.09. The largest absolute Gasteiger partial charge is 0.497 e. The van der Waals surface area contributed by atoms with Crippen molar-refractivity contribution in [2.75, 3.05) is 27.2 Å². The molecular formula is C18H26N2O. The molecule has 0 unspecified atom stereocenters. The molecule has 0 bridgehead atoms. The highest BCUT2D eigenvalue weighted by Gasteiger charge is 2.17. The Morgan fingerprint density at radius 3 is 2.76 bits per heavy atom. The smallest absolute Gasteiger partial charge is 0.119 e. The lowest BCUT2D eigenvalue weighted by molar-refractivity contribution is 0.270. The zero-order valence-electron chi connectivity index (χ0n) is 13.2. The summed E-state index contributed by atoms with van der Waals surface area (Å²) in [6.07, 6.45) is 5.54. The van der Waals surface area contributed by atoms with Crippen LogP contribution in [-0.2, 0) is 6.54 Å². The number of ether oxygens (including phenoxy) is 1. The summed E-state index contributed by atoms with van der Waals surface area (Å²) in [4.78, 5) is 2.40. The zero-order chi connectivity index (χ0) is 15.1. The molecule has 0 atom stereocenters. The van der Waals surface area contributed by atoms with Crippen LogP contribution in [-0.4, -0.2) is 32.1 Å². The van der Waals surface area contributed by atoms with E-state index in [9.17, 15) is 0 Å². The first kappa shape index (κ1) is 15.9. The summed E-state index contributed by atoms with van der Waals surface area (Å²) in [6, 6.07) is 6.08. The summed E-state index contributed by atoms with van der Waals surface area (Å²) >= 11 is 0. The monoisotopic (exact) mass is 286 g/mol. The summed E-state index contributed by atoms with van der Waals surface area (Å²) in [5.41, 5.74) is 7.76. The van der Waals surface area contributed by atoms with Crippen molar-refractivity contribution in [1.29, 1.82) is 0 Å². The van der Waals surface area contributed by atoms with Crippen molar-refractivity contribution in [1.82, 2.24) is 4.90 Å². The molecule has 1 aliphatic rings. The molecule has 2 rings (SSSR count). The Kier molecular flexibility index (Phi) is 6.10. The molecule has 1 aliphatic carbocycles. The van der Waals surface area contributed by atoms with E-state index in [4.69, 9.17) is 10.5 Å². The molecule has 0 aliphatic heterocycles. The number of benzene rings is 1. The minimum Gasteiger partial charge on any atom is -0.497 e. The summed E-state index contributed by atoms with van der Waals surface area (Å²) in [5.74, 6) is 7.86. The van der Waals surface area contributed by atoms with Crippen LogP contribution in [0.4, 0.5) is 0 Å². The van der Waals surface area contributed by atoms with Gasteiger partial charge in [-0.2, -0.15) is 0 Å². The second-order valence-electron chi connectivity index (χ2n) is 5.88. The first-order chi connectivity index (χ1) is 10.2. The Hall–Kier alpha value is -1.50. The van der Waals surface area contributed by atoms with Gasteiger partial charge in [0.05, 0.1) is 13.7 Å². The highest BCUT2D eigenvalue weighted by Crippen LogP contribution is 2.26. The van der Waals surface area contributed by atoms with Gasteiger partial charge in [-0.15, -0.1) is 0 Å². The molecule has 0 aromatic heterocycles. The number of nitrogens with two attached hydrogens (primary N) is 1. The molecule has 0 amide bonds. The first-order valence-corrected chi connectivity index (χ1v) is 7.77. The van der Waals surface area contributed by atoms with Gasteiger partial charge in [0.15, 0.2) is 0 Å². The minimum atomic E-state index is 0.392. The molecule has 114 valence electrons. The van der Waals surface area contributed by atoms with Gasteiger partial charge in [-0.25, -0.2) is 0 Å². The molecule has 1 fully saturated rings. The average molecular weight is 286 g/mol. The van der Waals surface area contributed by atoms with E-state index in [0.717, 1.165) is 23.8 Å². The van der Waals surface area contributed by atoms with Crippen LogP contribution in [0, 0.1) is 17.8 Å². The molecule has 3 nitrogen and oxygen atoms in total. The minimum absolute atomic E-state index is 0.392. The molecule has 0 saturated heterocycles. The zero-order valence-corrected chi connectivity index (χ0v) is 13.2. The van der Waals surface area contributed by atoms with E-state index in [0.29, 0.717) is 6.54 Å². The van der Waals surface area contributed by atoms with Gasteiger partial charge in [-0.1, -0.05) is 24.7 Å². The van der Waals surface area contributed by atoms with Gasteiger partial charge >= 0.3 is 0 Å². The first-order valence-electron chi connectivity index (χ1n) is 7.77. The molecule has 1 aromatic carbocycles. The maximum Gasteiger partial charge on any atom is 0.119 e. The van der Waals surface area contributed by atoms with E-state index in [1.165, 1.54) is 37.8 Å². The Morgan fingerprint density at radius 2 is 2.10 bits per heavy atom. The molecule has 2 N–H and O–H groups in total. The number of nitrogens with zero attached hydrogens (tertiary/aromatic N) is 1. The van der Waals surface area contributed by atoms with Crippen LogP contribution in [0.1, 0.15) is 36.8 Å². The number of hydrogen-bond acceptors (Lipinski definition) is 3. The summed E-state index contributed by atoms with van der Waals surface area (Å²) in [7, 11) is 3.89. The van der Waals surface area contributed by atoms with Gasteiger partial charge in [-0.05, 0) is 49.6 Å². The average Bonchev–Trinajstić information content (AvgIpc) is 2.98. The van der Waals surface area contributed by atoms with Crippen molar-refractivity contribution in [3.63, 3.8) is 0 Å². The van der Waals surface area contributed by atoms with E-state index in [-0.39, 0.29) is 0 Å². The van der Waals surface area contributed by atoms with Crippen molar-refractivity contribution >= 4 is 0 Å². The number of methoxy groups -OCH3 is 1. The molecule has 0 heterocycles. The summed E-state index contributed by atoms with van der Waals surface area (Å²) in [6.45, 7) is 2.46. The van der Waals surface area contributed by atoms with E-state index < -0.39 is 0 Å². The molecule has 21 heavy (non-hydrogen) atoms. The van der Waals surface area contributed by atoms with Crippen LogP contribution in [0.5, 0.6) is 5.75 Å². The Balaban J connectivity index is 2.08. The third-order valence-electron chi connectivity index (χ3n) is 4.12. The standard InChI is InChI=1S/C18H26N2O/c1-20(13-15-6-3-4-7-15)14-17-12-18(21-2)10-9-16(17)8-5-11-19/h9-10,12,15H,3-4,6-7,11,13-14,19H2,1-2H3. The van der Waals surface area contributed by atoms with Gasteiger partial charge in [-0.3, -0.25) is 0 Å². The lowest BCUT2D eigenvalue weighted by atomic mass is 10.0. The summed E-state index contributed by atoms with van der Waals surface area (Å²) in [5, 5.41) is 0. The van der Waals surface area contributed by atoms with Crippen LogP contribution in [0.15, 0.2) is 18.2 Å². The predicted octanol–water partition coefficient (Wildman–Crippen LogP) is 2.63. The van der Waals surface area contributed by atoms with Crippen LogP contribution >= 0.6 is 0 Å². The predicted molar refractivity (Wildman–Crippen MR) is 87.2 cm³/mol. The van der Waals surface area contributed by atoms with Crippen molar-refractivity contribution in [3.05, 3.63) is 29.3 Å². The quantitative estimate of drug-likeness (QED) is 0.846. The Labute approximate surface area is 128 Å². The van der Waals surface area contributed by atoms with Crippen LogP contribution < -0.4 is 10.5 Å². The van der Waals surface area contributed by atoms with E-state index in [1.807, 2.05) is 12.1 Å². The second-order valence-corrected chi connectivity index (χ2v) is 5.88. The molecule has 1 saturated carbocycles. The van der Waals surface area contributed by atoms with Crippen molar-refractivity contribution in [3.8, 4) is 17.6 Å². The maximum atomic E-state index is 5.48. The third-order valence-corrected chi connectivity index (χ3v) is 4.12. The third kappa shape index (κ3) is 4.77. The fraction of sp³-hybridized carbons (Fsp3) is 0.556. The lowest BCUT2D eigenvalue weighted by Gasteiger charge is -2.21. The van der Waals surface area contributed by atoms with Crippen molar-refractivity contribution in [2.24, 2.45) is 11.7 Å². The van der Waals surface area contributed by atoms with Gasteiger partial charge in [0.2, 0.25) is 0 Å². The number of rotatable bonds is 5. The molecule has 1 aromatic rings. The highest BCUT2D eigenvalue weighted by molar-refractivity contribution is 5.45. The van der Waals surface area contributed by atoms with Gasteiger partial charge < -0.3 is 15.4 Å². The molecule has 0 radical (unpaired) electrons. The van der Waals surface area contributed by atoms with Gasteiger partial charge in [0.25, 0.3) is 0 Å². The van der Waals surface area contributed by atoms with E-state index in [1.54, 1.807) is 7.11 Å². The van der Waals surface area contributed by atoms with Crippen LogP contribution in [0.2, 0.25) is 0 Å². The van der Waals surface area contributed by atoms with Gasteiger partial charge in [0.1, 0.15) is 5.75 Å². The highest BCUT2D eigenvalue weighted by atomic mass is 16.5. The van der Waals surface area contributed by atoms with Crippen LogP contribution in [0.3, 0.4) is 0 Å². The van der Waals surface area contributed by atoms with Crippen LogP contribution in [0.25, 0.3) is 0 Å². The Bertz CT molecular complexity index is 510. The van der Waals surface area contributed by atoms with E-state index in [2.05, 4.69) is 29.9 Å². The van der Waals surface area contributed by atoms with Crippen molar-refractivity contribution in [2.45, 2.75) is 32.2 Å². The van der Waals surface area contributed by atoms with E-state index >= 15 is 0 Å². The molecule has 3 heteroatoms. The maximum absolute atomic E-state index is 5.48. The summed E-state index contributed by atoms with van der Waals surface area (Å²) < 4.78 is 5.34. The fourth-order valence-electron chi connectivity index (χ4n) is 3.09. The molecule has 0 spiro atoms. The van der Waals surface area contributed by atoms with Crippen molar-refractivity contribution < 1.29 is 4.74 Å². The lowest BCUT2D eigenvalue weighted by Crippen LogP contribution is -2.24. The normalized spacial score (nSPS) is 15.0. The second kappa shape index (κ2) is 8.07. The number of hydrogen-bond donors (Lipinski definition) is 1. The van der Waals surface area contributed by atoms with Gasteiger partial charge in [0, 0.05) is 18.7 Å². The Morgan fingerprint density at radius 1 is 1.33 bits per heavy atom. The SMILES string of the molecule is COc1ccc(C#CCN)c(CN(C)CC2CCCC2)c1. The topological polar surface area (TPSA) is 38.5 Å².